The number of hydrogen-bond acceptors (Lipinski definition) is 5. The Morgan fingerprint density at radius 3 is 2.14 bits per heavy atom. The van der Waals surface area contributed by atoms with Crippen LogP contribution in [0.3, 0.4) is 0 Å². The molecule has 1 rings (SSSR count). The van der Waals surface area contributed by atoms with Crippen LogP contribution in [-0.4, -0.2) is 56.4 Å². The predicted molar refractivity (Wildman–Crippen MR) is 53.5 cm³/mol. The molecular weight excluding hydrogens is 333 g/mol. The van der Waals surface area contributed by atoms with Crippen LogP contribution in [0.15, 0.2) is 0 Å². The first-order valence-corrected chi connectivity index (χ1v) is 5.72. The van der Waals surface area contributed by atoms with Crippen molar-refractivity contribution < 1.29 is 54.5 Å². The number of carbonyl (C=O) groups excluding carboxylic acids is 1. The molecule has 0 radical (unpaired) electrons. The van der Waals surface area contributed by atoms with Crippen molar-refractivity contribution in [2.24, 2.45) is 0 Å². The van der Waals surface area contributed by atoms with Gasteiger partial charge in [0.25, 0.3) is 6.10 Å². The standard InChI is InChI=1S/C10H11F7O5/c1-8(11,4-19-2-5-3-20-7(18)21-5)22-6(9(12,13)14)10(15,16)17/h5-6H,2-4H2,1H3. The summed E-state index contributed by atoms with van der Waals surface area (Å²) in [5.74, 6) is -3.36. The van der Waals surface area contributed by atoms with Gasteiger partial charge in [-0.1, -0.05) is 0 Å². The summed E-state index contributed by atoms with van der Waals surface area (Å²) in [6.07, 6.45) is -17.9. The monoisotopic (exact) mass is 344 g/mol. The molecule has 22 heavy (non-hydrogen) atoms. The SMILES string of the molecule is CC(F)(COCC1COC(=O)O1)OC(C(F)(F)F)C(F)(F)F. The average molecular weight is 344 g/mol. The lowest BCUT2D eigenvalue weighted by Gasteiger charge is -2.30. The third-order valence-corrected chi connectivity index (χ3v) is 2.27. The van der Waals surface area contributed by atoms with Gasteiger partial charge >= 0.3 is 18.5 Å². The van der Waals surface area contributed by atoms with Crippen LogP contribution in [0.2, 0.25) is 0 Å². The van der Waals surface area contributed by atoms with E-state index in [-0.39, 0.29) is 6.61 Å². The van der Waals surface area contributed by atoms with Crippen molar-refractivity contribution in [3.05, 3.63) is 0 Å². The van der Waals surface area contributed by atoms with E-state index in [1.807, 2.05) is 0 Å². The molecule has 2 atom stereocenters. The maximum Gasteiger partial charge on any atom is 0.508 e. The summed E-state index contributed by atoms with van der Waals surface area (Å²) >= 11 is 0. The summed E-state index contributed by atoms with van der Waals surface area (Å²) in [7, 11) is 0. The molecule has 0 amide bonds. The Balaban J connectivity index is 2.52. The van der Waals surface area contributed by atoms with Crippen LogP contribution in [0.1, 0.15) is 6.92 Å². The molecule has 1 heterocycles. The summed E-state index contributed by atoms with van der Waals surface area (Å²) in [6, 6.07) is 0. The van der Waals surface area contributed by atoms with Crippen LogP contribution in [0.4, 0.5) is 35.5 Å². The average Bonchev–Trinajstić information content (AvgIpc) is 2.69. The normalized spacial score (nSPS) is 22.4. The molecule has 0 aromatic rings. The predicted octanol–water partition coefficient (Wildman–Crippen LogP) is 2.73. The van der Waals surface area contributed by atoms with Gasteiger partial charge in [-0.25, -0.2) is 9.18 Å². The van der Waals surface area contributed by atoms with Crippen molar-refractivity contribution >= 4 is 6.16 Å². The largest absolute Gasteiger partial charge is 0.508 e. The van der Waals surface area contributed by atoms with Gasteiger partial charge in [-0.05, 0) is 6.92 Å². The van der Waals surface area contributed by atoms with E-state index < -0.39 is 49.8 Å². The van der Waals surface area contributed by atoms with Gasteiger partial charge in [-0.3, -0.25) is 0 Å². The number of rotatable bonds is 6. The zero-order valence-corrected chi connectivity index (χ0v) is 11.0. The minimum absolute atomic E-state index is 0.226. The van der Waals surface area contributed by atoms with Gasteiger partial charge in [0.1, 0.15) is 13.2 Å². The summed E-state index contributed by atoms with van der Waals surface area (Å²) < 4.78 is 104. The van der Waals surface area contributed by atoms with Crippen LogP contribution < -0.4 is 0 Å². The summed E-state index contributed by atoms with van der Waals surface area (Å²) in [5, 5.41) is 0. The van der Waals surface area contributed by atoms with E-state index in [9.17, 15) is 35.5 Å². The summed E-state index contributed by atoms with van der Waals surface area (Å²) in [6.45, 7) is -1.58. The third kappa shape index (κ3) is 5.83. The first-order valence-electron chi connectivity index (χ1n) is 5.72. The molecule has 5 nitrogen and oxygen atoms in total. The highest BCUT2D eigenvalue weighted by Gasteiger charge is 2.60. The quantitative estimate of drug-likeness (QED) is 0.548. The highest BCUT2D eigenvalue weighted by atomic mass is 19.4. The Morgan fingerprint density at radius 1 is 1.18 bits per heavy atom. The Labute approximate surface area is 119 Å². The van der Waals surface area contributed by atoms with Crippen molar-refractivity contribution in [3.8, 4) is 0 Å². The molecule has 0 saturated carbocycles. The number of cyclic esters (lactones) is 2. The molecule has 130 valence electrons. The van der Waals surface area contributed by atoms with E-state index in [1.54, 1.807) is 0 Å². The number of halogens is 7. The van der Waals surface area contributed by atoms with Gasteiger partial charge in [0, 0.05) is 0 Å². The Morgan fingerprint density at radius 2 is 1.73 bits per heavy atom. The van der Waals surface area contributed by atoms with E-state index in [2.05, 4.69) is 18.9 Å². The van der Waals surface area contributed by atoms with Gasteiger partial charge in [0.15, 0.2) is 6.10 Å². The van der Waals surface area contributed by atoms with Crippen molar-refractivity contribution in [2.75, 3.05) is 19.8 Å². The molecule has 1 saturated heterocycles. The molecule has 0 spiro atoms. The first-order chi connectivity index (χ1) is 9.81. The van der Waals surface area contributed by atoms with E-state index in [1.165, 1.54) is 0 Å². The van der Waals surface area contributed by atoms with Crippen LogP contribution in [0.5, 0.6) is 0 Å². The Hall–Kier alpha value is -1.30. The lowest BCUT2D eigenvalue weighted by Crippen LogP contribution is -2.49. The third-order valence-electron chi connectivity index (χ3n) is 2.27. The second-order valence-corrected chi connectivity index (χ2v) is 4.50. The molecule has 2 unspecified atom stereocenters. The van der Waals surface area contributed by atoms with Crippen molar-refractivity contribution in [2.45, 2.75) is 37.3 Å². The molecule has 1 aliphatic heterocycles. The molecule has 12 heteroatoms. The van der Waals surface area contributed by atoms with Crippen molar-refractivity contribution in [1.29, 1.82) is 0 Å². The minimum atomic E-state index is -5.83. The topological polar surface area (TPSA) is 54.0 Å². The summed E-state index contributed by atoms with van der Waals surface area (Å²) in [5.41, 5.74) is 0. The number of carbonyl (C=O) groups is 1. The minimum Gasteiger partial charge on any atom is -0.430 e. The molecule has 0 aliphatic carbocycles. The Kier molecular flexibility index (Phi) is 5.49. The smallest absolute Gasteiger partial charge is 0.430 e. The molecule has 1 aliphatic rings. The molecule has 0 aromatic heterocycles. The van der Waals surface area contributed by atoms with Gasteiger partial charge in [-0.2, -0.15) is 26.3 Å². The second-order valence-electron chi connectivity index (χ2n) is 4.50. The van der Waals surface area contributed by atoms with E-state index in [0.29, 0.717) is 6.92 Å². The van der Waals surface area contributed by atoms with E-state index >= 15 is 0 Å². The van der Waals surface area contributed by atoms with E-state index in [4.69, 9.17) is 0 Å². The Bertz CT molecular complexity index is 378. The van der Waals surface area contributed by atoms with Gasteiger partial charge in [0.2, 0.25) is 5.85 Å². The van der Waals surface area contributed by atoms with Crippen molar-refractivity contribution in [1.82, 2.24) is 0 Å². The van der Waals surface area contributed by atoms with Crippen molar-refractivity contribution in [3.63, 3.8) is 0 Å². The fraction of sp³-hybridized carbons (Fsp3) is 0.900. The number of alkyl halides is 7. The highest BCUT2D eigenvalue weighted by Crippen LogP contribution is 2.38. The number of hydrogen-bond donors (Lipinski definition) is 0. The van der Waals surface area contributed by atoms with Crippen LogP contribution in [0.25, 0.3) is 0 Å². The molecular formula is C10H11F7O5. The number of ether oxygens (including phenoxy) is 4. The zero-order valence-electron chi connectivity index (χ0n) is 11.0. The molecule has 0 N–H and O–H groups in total. The van der Waals surface area contributed by atoms with Gasteiger partial charge in [-0.15, -0.1) is 0 Å². The molecule has 0 aromatic carbocycles. The van der Waals surface area contributed by atoms with E-state index in [0.717, 1.165) is 0 Å². The first kappa shape index (κ1) is 18.7. The highest BCUT2D eigenvalue weighted by molar-refractivity contribution is 5.61. The van der Waals surface area contributed by atoms with Crippen LogP contribution >= 0.6 is 0 Å². The maximum absolute atomic E-state index is 13.7. The maximum atomic E-state index is 13.7. The van der Waals surface area contributed by atoms with Crippen LogP contribution in [0, 0.1) is 0 Å². The molecule has 1 fully saturated rings. The lowest BCUT2D eigenvalue weighted by molar-refractivity contribution is -0.363. The lowest BCUT2D eigenvalue weighted by atomic mass is 10.3. The fourth-order valence-electron chi connectivity index (χ4n) is 1.42. The summed E-state index contributed by atoms with van der Waals surface area (Å²) in [4.78, 5) is 10.5. The van der Waals surface area contributed by atoms with Gasteiger partial charge < -0.3 is 18.9 Å². The molecule has 0 bridgehead atoms. The van der Waals surface area contributed by atoms with Crippen LogP contribution in [-0.2, 0) is 18.9 Å². The zero-order chi connectivity index (χ0) is 17.2. The fourth-order valence-corrected chi connectivity index (χ4v) is 1.42. The second kappa shape index (κ2) is 6.44. The van der Waals surface area contributed by atoms with Gasteiger partial charge in [0.05, 0.1) is 6.61 Å².